The van der Waals surface area contributed by atoms with Crippen molar-refractivity contribution in [3.8, 4) is 0 Å². The topological polar surface area (TPSA) is 70.6 Å². The number of rotatable bonds is 3. The lowest BCUT2D eigenvalue weighted by Crippen LogP contribution is -2.31. The summed E-state index contributed by atoms with van der Waals surface area (Å²) in [5.74, 6) is 0.342. The highest BCUT2D eigenvalue weighted by Gasteiger charge is 2.22. The molecular formula is C19H25N3O2. The van der Waals surface area contributed by atoms with Crippen LogP contribution in [0.1, 0.15) is 57.4 Å². The Morgan fingerprint density at radius 1 is 1.12 bits per heavy atom. The van der Waals surface area contributed by atoms with Gasteiger partial charge in [0.05, 0.1) is 5.71 Å². The maximum atomic E-state index is 12.4. The van der Waals surface area contributed by atoms with Crippen LogP contribution in [0.15, 0.2) is 29.4 Å². The fourth-order valence-electron chi connectivity index (χ4n) is 3.51. The van der Waals surface area contributed by atoms with E-state index < -0.39 is 0 Å². The zero-order chi connectivity index (χ0) is 16.9. The van der Waals surface area contributed by atoms with Crippen molar-refractivity contribution in [2.45, 2.75) is 51.9 Å². The first-order valence-electron chi connectivity index (χ1n) is 8.91. The summed E-state index contributed by atoms with van der Waals surface area (Å²) in [6.07, 6.45) is 7.25. The highest BCUT2D eigenvalue weighted by molar-refractivity contribution is 6.06. The molecule has 128 valence electrons. The molecule has 1 saturated carbocycles. The van der Waals surface area contributed by atoms with Gasteiger partial charge in [0.1, 0.15) is 0 Å². The lowest BCUT2D eigenvalue weighted by atomic mass is 9.94. The average molecular weight is 327 g/mol. The summed E-state index contributed by atoms with van der Waals surface area (Å²) >= 11 is 0. The van der Waals surface area contributed by atoms with E-state index in [0.717, 1.165) is 42.6 Å². The summed E-state index contributed by atoms with van der Waals surface area (Å²) in [4.78, 5) is 23.7. The van der Waals surface area contributed by atoms with Crippen LogP contribution in [-0.2, 0) is 9.59 Å². The number of anilines is 1. The smallest absolute Gasteiger partial charge is 0.240 e. The molecule has 1 aromatic rings. The Morgan fingerprint density at radius 2 is 1.79 bits per heavy atom. The van der Waals surface area contributed by atoms with Crippen LogP contribution < -0.4 is 10.7 Å². The van der Waals surface area contributed by atoms with Crippen LogP contribution in [0.3, 0.4) is 0 Å². The molecule has 2 aliphatic rings. The summed E-state index contributed by atoms with van der Waals surface area (Å²) in [6, 6.07) is 7.73. The lowest BCUT2D eigenvalue weighted by molar-refractivity contribution is -0.122. The van der Waals surface area contributed by atoms with E-state index in [1.807, 2.05) is 31.2 Å². The number of amides is 2. The SMILES string of the molecule is CC1CC(=O)NN=C1c1ccc(NC(=O)C2CCCCCC2)cc1. The van der Waals surface area contributed by atoms with Gasteiger partial charge in [-0.25, -0.2) is 5.43 Å². The fourth-order valence-corrected chi connectivity index (χ4v) is 3.51. The first-order valence-corrected chi connectivity index (χ1v) is 8.91. The van der Waals surface area contributed by atoms with Gasteiger partial charge >= 0.3 is 0 Å². The van der Waals surface area contributed by atoms with E-state index >= 15 is 0 Å². The molecule has 0 saturated heterocycles. The molecule has 1 aliphatic carbocycles. The quantitative estimate of drug-likeness (QED) is 0.835. The van der Waals surface area contributed by atoms with E-state index in [1.165, 1.54) is 12.8 Å². The second-order valence-corrected chi connectivity index (χ2v) is 6.89. The maximum Gasteiger partial charge on any atom is 0.240 e. The molecule has 0 bridgehead atoms. The average Bonchev–Trinajstić information content (AvgIpc) is 2.85. The molecule has 1 aromatic carbocycles. The van der Waals surface area contributed by atoms with Gasteiger partial charge in [-0.15, -0.1) is 0 Å². The molecule has 1 aliphatic heterocycles. The van der Waals surface area contributed by atoms with Gasteiger partial charge in [-0.1, -0.05) is 44.7 Å². The van der Waals surface area contributed by atoms with Crippen LogP contribution in [0.25, 0.3) is 0 Å². The summed E-state index contributed by atoms with van der Waals surface area (Å²) < 4.78 is 0. The van der Waals surface area contributed by atoms with Crippen LogP contribution in [0.2, 0.25) is 0 Å². The number of hydrazone groups is 1. The third kappa shape index (κ3) is 4.02. The van der Waals surface area contributed by atoms with Gasteiger partial charge in [0.2, 0.25) is 11.8 Å². The van der Waals surface area contributed by atoms with E-state index in [2.05, 4.69) is 15.8 Å². The summed E-state index contributed by atoms with van der Waals surface area (Å²) in [6.45, 7) is 2.00. The predicted molar refractivity (Wildman–Crippen MR) is 94.7 cm³/mol. The standard InChI is InChI=1S/C19H25N3O2/c1-13-12-17(23)21-22-18(13)14-8-10-16(11-9-14)20-19(24)15-6-4-2-3-5-7-15/h8-11,13,15H,2-7,12H2,1H3,(H,20,24)(H,21,23). The summed E-state index contributed by atoms with van der Waals surface area (Å²) in [5.41, 5.74) is 5.22. The van der Waals surface area contributed by atoms with Gasteiger partial charge in [0.15, 0.2) is 0 Å². The predicted octanol–water partition coefficient (Wildman–Crippen LogP) is 3.46. The van der Waals surface area contributed by atoms with E-state index in [1.54, 1.807) is 0 Å². The van der Waals surface area contributed by atoms with Crippen molar-refractivity contribution in [1.29, 1.82) is 0 Å². The summed E-state index contributed by atoms with van der Waals surface area (Å²) in [5, 5.41) is 7.21. The minimum Gasteiger partial charge on any atom is -0.326 e. The minimum atomic E-state index is -0.0430. The Hall–Kier alpha value is -2.17. The van der Waals surface area contributed by atoms with Gasteiger partial charge in [-0.05, 0) is 30.5 Å². The monoisotopic (exact) mass is 327 g/mol. The lowest BCUT2D eigenvalue weighted by Gasteiger charge is -2.19. The molecule has 0 aromatic heterocycles. The largest absolute Gasteiger partial charge is 0.326 e. The highest BCUT2D eigenvalue weighted by atomic mass is 16.2. The number of nitrogens with one attached hydrogen (secondary N) is 2. The number of carbonyl (C=O) groups is 2. The van der Waals surface area contributed by atoms with E-state index in [0.29, 0.717) is 6.42 Å². The van der Waals surface area contributed by atoms with Crippen molar-refractivity contribution in [3.63, 3.8) is 0 Å². The van der Waals surface area contributed by atoms with Crippen LogP contribution >= 0.6 is 0 Å². The molecule has 1 atom stereocenters. The molecule has 2 amide bonds. The second-order valence-electron chi connectivity index (χ2n) is 6.89. The van der Waals surface area contributed by atoms with Crippen LogP contribution in [0.4, 0.5) is 5.69 Å². The molecule has 0 radical (unpaired) electrons. The summed E-state index contributed by atoms with van der Waals surface area (Å²) in [7, 11) is 0. The first-order chi connectivity index (χ1) is 11.6. The second kappa shape index (κ2) is 7.60. The van der Waals surface area contributed by atoms with Crippen molar-refractivity contribution in [3.05, 3.63) is 29.8 Å². The van der Waals surface area contributed by atoms with Crippen molar-refractivity contribution in [1.82, 2.24) is 5.43 Å². The number of hydrogen-bond acceptors (Lipinski definition) is 3. The van der Waals surface area contributed by atoms with Gasteiger partial charge in [-0.2, -0.15) is 5.10 Å². The molecule has 1 heterocycles. The Labute approximate surface area is 142 Å². The minimum absolute atomic E-state index is 0.0430. The van der Waals surface area contributed by atoms with Crippen LogP contribution in [0.5, 0.6) is 0 Å². The van der Waals surface area contributed by atoms with Crippen molar-refractivity contribution in [2.75, 3.05) is 5.32 Å². The van der Waals surface area contributed by atoms with Crippen molar-refractivity contribution in [2.24, 2.45) is 16.9 Å². The Morgan fingerprint density at radius 3 is 2.42 bits per heavy atom. The number of benzene rings is 1. The molecule has 0 spiro atoms. The van der Waals surface area contributed by atoms with Crippen molar-refractivity contribution < 1.29 is 9.59 Å². The normalized spacial score (nSPS) is 22.3. The molecule has 5 nitrogen and oxygen atoms in total. The van der Waals surface area contributed by atoms with E-state index in [9.17, 15) is 9.59 Å². The molecule has 5 heteroatoms. The van der Waals surface area contributed by atoms with Gasteiger partial charge in [0, 0.05) is 23.9 Å². The molecular weight excluding hydrogens is 302 g/mol. The number of hydrogen-bond donors (Lipinski definition) is 2. The molecule has 1 unspecified atom stereocenters. The third-order valence-corrected chi connectivity index (χ3v) is 4.93. The van der Waals surface area contributed by atoms with Gasteiger partial charge < -0.3 is 5.32 Å². The van der Waals surface area contributed by atoms with Crippen LogP contribution in [-0.4, -0.2) is 17.5 Å². The Balaban J connectivity index is 1.64. The molecule has 2 N–H and O–H groups in total. The van der Waals surface area contributed by atoms with Gasteiger partial charge in [0.25, 0.3) is 0 Å². The Kier molecular flexibility index (Phi) is 5.28. The maximum absolute atomic E-state index is 12.4. The number of nitrogens with zero attached hydrogens (tertiary/aromatic N) is 1. The van der Waals surface area contributed by atoms with Crippen LogP contribution in [0, 0.1) is 11.8 Å². The zero-order valence-electron chi connectivity index (χ0n) is 14.2. The molecule has 1 fully saturated rings. The van der Waals surface area contributed by atoms with E-state index in [4.69, 9.17) is 0 Å². The van der Waals surface area contributed by atoms with Crippen molar-refractivity contribution >= 4 is 23.2 Å². The van der Waals surface area contributed by atoms with E-state index in [-0.39, 0.29) is 23.7 Å². The Bertz CT molecular complexity index is 629. The number of carbonyl (C=O) groups excluding carboxylic acids is 2. The fraction of sp³-hybridized carbons (Fsp3) is 0.526. The zero-order valence-corrected chi connectivity index (χ0v) is 14.2. The first kappa shape index (κ1) is 16.7. The highest BCUT2D eigenvalue weighted by Crippen LogP contribution is 2.24. The molecule has 3 rings (SSSR count). The third-order valence-electron chi connectivity index (χ3n) is 4.93. The van der Waals surface area contributed by atoms with Gasteiger partial charge in [-0.3, -0.25) is 9.59 Å². The molecule has 24 heavy (non-hydrogen) atoms.